The minimum absolute atomic E-state index is 0.0560. The molecule has 3 heterocycles. The van der Waals surface area contributed by atoms with Gasteiger partial charge in [0.25, 0.3) is 0 Å². The predicted molar refractivity (Wildman–Crippen MR) is 151 cm³/mol. The van der Waals surface area contributed by atoms with Crippen LogP contribution in [0.2, 0.25) is 0 Å². The molecule has 2 aliphatic rings. The maximum atomic E-state index is 13.6. The summed E-state index contributed by atoms with van der Waals surface area (Å²) in [7, 11) is 5.04. The van der Waals surface area contributed by atoms with E-state index in [-0.39, 0.29) is 41.6 Å². The lowest BCUT2D eigenvalue weighted by atomic mass is 9.99. The van der Waals surface area contributed by atoms with Crippen molar-refractivity contribution in [3.05, 3.63) is 59.7 Å². The number of morpholine rings is 1. The van der Waals surface area contributed by atoms with Crippen molar-refractivity contribution in [2.24, 2.45) is 7.05 Å². The van der Waals surface area contributed by atoms with Crippen LogP contribution in [0.3, 0.4) is 0 Å². The second kappa shape index (κ2) is 11.3. The van der Waals surface area contributed by atoms with Gasteiger partial charge in [0, 0.05) is 31.3 Å². The molecule has 206 valence electrons. The second-order valence-electron chi connectivity index (χ2n) is 9.92. The average molecular weight is 551 g/mol. The number of nitrogens with zero attached hydrogens (tertiary/aromatic N) is 4. The zero-order chi connectivity index (χ0) is 27.7. The largest absolute Gasteiger partial charge is 0.493 e. The number of rotatable bonds is 6. The molecule has 1 saturated heterocycles. The topological polar surface area (TPSA) is 86.1 Å². The van der Waals surface area contributed by atoms with Crippen LogP contribution in [-0.2, 0) is 21.4 Å². The molecule has 0 radical (unpaired) electrons. The summed E-state index contributed by atoms with van der Waals surface area (Å²) in [6.07, 6.45) is -0.112. The molecule has 2 aliphatic heterocycles. The number of anilines is 1. The van der Waals surface area contributed by atoms with Crippen LogP contribution in [0.5, 0.6) is 11.5 Å². The van der Waals surface area contributed by atoms with Gasteiger partial charge in [-0.25, -0.2) is 0 Å². The highest BCUT2D eigenvalue weighted by Gasteiger charge is 2.38. The Hall–Kier alpha value is -3.50. The third-order valence-electron chi connectivity index (χ3n) is 7.07. The van der Waals surface area contributed by atoms with Gasteiger partial charge >= 0.3 is 0 Å². The number of fused-ring (bicyclic) bond motifs is 1. The van der Waals surface area contributed by atoms with Crippen molar-refractivity contribution in [1.29, 1.82) is 0 Å². The van der Waals surface area contributed by atoms with Crippen molar-refractivity contribution in [2.45, 2.75) is 31.3 Å². The van der Waals surface area contributed by atoms with Crippen molar-refractivity contribution in [2.75, 3.05) is 44.5 Å². The van der Waals surface area contributed by atoms with Crippen molar-refractivity contribution >= 4 is 29.4 Å². The molecule has 39 heavy (non-hydrogen) atoms. The number of thioether (sulfide) groups is 1. The summed E-state index contributed by atoms with van der Waals surface area (Å²) >= 11 is 1.52. The molecule has 3 atom stereocenters. The smallest absolute Gasteiger partial charge is 0.242 e. The molecule has 1 aromatic heterocycles. The first-order valence-corrected chi connectivity index (χ1v) is 14.0. The van der Waals surface area contributed by atoms with E-state index in [2.05, 4.69) is 0 Å². The van der Waals surface area contributed by atoms with Gasteiger partial charge in [-0.3, -0.25) is 19.2 Å². The van der Waals surface area contributed by atoms with Gasteiger partial charge in [-0.2, -0.15) is 5.10 Å². The molecule has 10 heteroatoms. The summed E-state index contributed by atoms with van der Waals surface area (Å²) in [5.41, 5.74) is 3.57. The van der Waals surface area contributed by atoms with E-state index in [1.165, 1.54) is 11.8 Å². The number of benzene rings is 2. The molecule has 0 spiro atoms. The standard InChI is InChI=1S/C29H34N4O5S/c1-18-14-32(15-19(2)38-18)24(34)16-33-25(35)17-39-28(21-11-12-22(36-4)23(13-21)37-5)26-27(30-31(3)29(26)33)20-9-7-6-8-10-20/h6-13,18-19,28H,14-17H2,1-5H3. The molecule has 5 rings (SSSR count). The first-order valence-electron chi connectivity index (χ1n) is 13.0. The van der Waals surface area contributed by atoms with Gasteiger partial charge < -0.3 is 19.1 Å². The Balaban J connectivity index is 1.61. The fourth-order valence-corrected chi connectivity index (χ4v) is 6.58. The number of hydrogen-bond acceptors (Lipinski definition) is 7. The van der Waals surface area contributed by atoms with Crippen molar-refractivity contribution in [1.82, 2.24) is 14.7 Å². The highest BCUT2D eigenvalue weighted by atomic mass is 32.2. The number of carbonyl (C=O) groups is 2. The Morgan fingerprint density at radius 2 is 1.74 bits per heavy atom. The van der Waals surface area contributed by atoms with E-state index in [4.69, 9.17) is 19.3 Å². The lowest BCUT2D eigenvalue weighted by Crippen LogP contribution is -2.52. The highest BCUT2D eigenvalue weighted by molar-refractivity contribution is 8.00. The predicted octanol–water partition coefficient (Wildman–Crippen LogP) is 3.91. The number of amides is 2. The zero-order valence-corrected chi connectivity index (χ0v) is 23.7. The van der Waals surface area contributed by atoms with E-state index in [9.17, 15) is 9.59 Å². The van der Waals surface area contributed by atoms with E-state index in [1.54, 1.807) is 28.7 Å². The van der Waals surface area contributed by atoms with E-state index >= 15 is 0 Å². The SMILES string of the molecule is COc1ccc(C2SCC(=O)N(CC(=O)N3CC(C)OC(C)C3)c3c2c(-c2ccccc2)nn3C)cc1OC. The van der Waals surface area contributed by atoms with E-state index < -0.39 is 0 Å². The minimum Gasteiger partial charge on any atom is -0.493 e. The average Bonchev–Trinajstić information content (AvgIpc) is 3.19. The highest BCUT2D eigenvalue weighted by Crippen LogP contribution is 2.48. The van der Waals surface area contributed by atoms with Gasteiger partial charge in [-0.05, 0) is 31.5 Å². The number of carbonyl (C=O) groups excluding carboxylic acids is 2. The Kier molecular flexibility index (Phi) is 7.86. The molecule has 3 aromatic rings. The van der Waals surface area contributed by atoms with Crippen LogP contribution in [0.25, 0.3) is 11.3 Å². The van der Waals surface area contributed by atoms with Crippen LogP contribution >= 0.6 is 11.8 Å². The molecule has 3 unspecified atom stereocenters. The summed E-state index contributed by atoms with van der Waals surface area (Å²) in [5.74, 6) is 1.85. The fraction of sp³-hybridized carbons (Fsp3) is 0.414. The van der Waals surface area contributed by atoms with Gasteiger partial charge in [0.05, 0.1) is 43.1 Å². The lowest BCUT2D eigenvalue weighted by molar-refractivity contribution is -0.142. The summed E-state index contributed by atoms with van der Waals surface area (Å²) in [6, 6.07) is 15.7. The molecule has 0 N–H and O–H groups in total. The Morgan fingerprint density at radius 1 is 1.05 bits per heavy atom. The summed E-state index contributed by atoms with van der Waals surface area (Å²) in [4.78, 5) is 30.6. The van der Waals surface area contributed by atoms with Crippen LogP contribution in [0, 0.1) is 0 Å². The normalized spacial score (nSPS) is 21.4. The van der Waals surface area contributed by atoms with Gasteiger partial charge in [-0.15, -0.1) is 11.8 Å². The van der Waals surface area contributed by atoms with Gasteiger partial charge in [0.15, 0.2) is 11.5 Å². The monoisotopic (exact) mass is 550 g/mol. The number of aryl methyl sites for hydroxylation is 1. The van der Waals surface area contributed by atoms with Crippen LogP contribution in [-0.4, -0.2) is 78.3 Å². The van der Waals surface area contributed by atoms with E-state index in [0.29, 0.717) is 30.4 Å². The van der Waals surface area contributed by atoms with Crippen LogP contribution in [0.15, 0.2) is 48.5 Å². The first kappa shape index (κ1) is 27.1. The Labute approximate surface area is 233 Å². The number of hydrogen-bond donors (Lipinski definition) is 0. The quantitative estimate of drug-likeness (QED) is 0.460. The van der Waals surface area contributed by atoms with Crippen LogP contribution in [0.1, 0.15) is 30.2 Å². The maximum absolute atomic E-state index is 13.6. The van der Waals surface area contributed by atoms with Gasteiger partial charge in [-0.1, -0.05) is 36.4 Å². The molecule has 2 amide bonds. The van der Waals surface area contributed by atoms with Gasteiger partial charge in [0.2, 0.25) is 11.8 Å². The molecule has 0 aliphatic carbocycles. The van der Waals surface area contributed by atoms with Crippen LogP contribution < -0.4 is 14.4 Å². The summed E-state index contributed by atoms with van der Waals surface area (Å²) < 4.78 is 18.6. The maximum Gasteiger partial charge on any atom is 0.242 e. The van der Waals surface area contributed by atoms with Crippen molar-refractivity contribution in [3.8, 4) is 22.8 Å². The third-order valence-corrected chi connectivity index (χ3v) is 8.32. The molecular formula is C29H34N4O5S. The van der Waals surface area contributed by atoms with E-state index in [0.717, 1.165) is 22.4 Å². The molecule has 1 fully saturated rings. The molecule has 0 bridgehead atoms. The van der Waals surface area contributed by atoms with Crippen molar-refractivity contribution in [3.63, 3.8) is 0 Å². The minimum atomic E-state index is -0.226. The van der Waals surface area contributed by atoms with Gasteiger partial charge in [0.1, 0.15) is 12.4 Å². The molecule has 9 nitrogen and oxygen atoms in total. The molecule has 0 saturated carbocycles. The zero-order valence-electron chi connectivity index (χ0n) is 22.9. The Morgan fingerprint density at radius 3 is 2.41 bits per heavy atom. The third kappa shape index (κ3) is 5.35. The lowest BCUT2D eigenvalue weighted by Gasteiger charge is -2.36. The van der Waals surface area contributed by atoms with E-state index in [1.807, 2.05) is 69.4 Å². The first-order chi connectivity index (χ1) is 18.8. The fourth-order valence-electron chi connectivity index (χ4n) is 5.39. The second-order valence-corrected chi connectivity index (χ2v) is 11.0. The summed E-state index contributed by atoms with van der Waals surface area (Å²) in [5, 5.41) is 4.67. The Bertz CT molecular complexity index is 1350. The van der Waals surface area contributed by atoms with Crippen LogP contribution in [0.4, 0.5) is 5.82 Å². The number of ether oxygens (including phenoxy) is 3. The molecule has 2 aromatic carbocycles. The number of aromatic nitrogens is 2. The molecular weight excluding hydrogens is 516 g/mol. The summed E-state index contributed by atoms with van der Waals surface area (Å²) in [6.45, 7) is 4.87. The van der Waals surface area contributed by atoms with Crippen molar-refractivity contribution < 1.29 is 23.8 Å². The number of methoxy groups -OCH3 is 2.